The van der Waals surface area contributed by atoms with Gasteiger partial charge < -0.3 is 67.1 Å². The van der Waals surface area contributed by atoms with Crippen LogP contribution in [0.25, 0.3) is 0 Å². The fourth-order valence-corrected chi connectivity index (χ4v) is 15.7. The molecule has 14 nitrogen and oxygen atoms in total. The molecule has 0 saturated carbocycles. The van der Waals surface area contributed by atoms with Crippen LogP contribution in [0.3, 0.4) is 0 Å². The fourth-order valence-electron chi connectivity index (χ4n) is 14.5. The van der Waals surface area contributed by atoms with Gasteiger partial charge in [0.05, 0.1) is 80.9 Å². The van der Waals surface area contributed by atoms with E-state index in [9.17, 15) is 0 Å². The van der Waals surface area contributed by atoms with Crippen molar-refractivity contribution in [3.05, 3.63) is 173 Å². The highest BCUT2D eigenvalue weighted by Crippen LogP contribution is 2.21. The summed E-state index contributed by atoms with van der Waals surface area (Å²) >= 11 is 15.8. The van der Waals surface area contributed by atoms with Crippen LogP contribution in [0.15, 0.2) is 146 Å². The van der Waals surface area contributed by atoms with Crippen LogP contribution in [0.1, 0.15) is 408 Å². The summed E-state index contributed by atoms with van der Waals surface area (Å²) in [5, 5.41) is 20.3. The molecule has 5 aromatic carbocycles. The standard InChI is InChI=1S/C26H38O2.C19H28O2.C18H33Br.C18H25ClO2.C18H26O3.C15H23BrO2.C8H12O2.C7H15BrO/c1-3-4-5-6-7-8-9-10-11-12-13-14-15-16-17-18-23-28-24-25-19-21-26(27-2)22-20-25;1-3-4-5-6-7-8-9-10-11-16-21-17-18-12-14-19(20-2)15-13-18;1-2-3-4-5-6-7-8-9-10-11-12-13-14-15-16-17-18-19;2*1-20-18-12-10-17(11-13-18)16-21-15-9-7-5-3-2-4-6-8-14-19;1-17-15-9-7-14(8-10-15)13-18-12-6-4-2-3-5-11-16;1-2-6-9-8-5-3-4-7-10-8;8-6-4-2-1-3-5-7-9/h19-22H,3-7,10,13-18,23-24H2,1-2H3;12-15H,3,6-11,16-17H2,1-2H3;7-8,10-11H,2-6,9,12-18H2,1H3;10-13H,2-5,7,9,14-16H2,1H3;10-13,19H,2-5,7,9,14-16H2,1H3;7-10H,2-6,11-13H2,1H3;1,8H,3-7H2;9H,1-7H2/b;;8-7-,11-10-;;;;;. The van der Waals surface area contributed by atoms with Gasteiger partial charge in [-0.1, -0.05) is 356 Å². The molecule has 0 amide bonds. The summed E-state index contributed by atoms with van der Waals surface area (Å²) in [6.45, 7) is 15.7. The van der Waals surface area contributed by atoms with Crippen LogP contribution < -0.4 is 23.7 Å². The highest BCUT2D eigenvalue weighted by atomic mass is 79.9. The van der Waals surface area contributed by atoms with Gasteiger partial charge in [-0.3, -0.25) is 0 Å². The number of alkyl halides is 4. The van der Waals surface area contributed by atoms with Crippen molar-refractivity contribution in [1.82, 2.24) is 0 Å². The van der Waals surface area contributed by atoms with Crippen molar-refractivity contribution in [3.63, 3.8) is 0 Å². The SMILES string of the molecule is C#CCOC1CCCCO1.CCC#CCCCCCCCOCc1ccc(OC)cc1.CCCCCC/C=C\C/C=C\CCCCCCCBr.CCCCCCC#CCC#CCCCCCCCOCc1ccc(OC)cc1.COc1ccc(COCCCCCCCBr)cc1.COc1ccc(COCCCCCCCC#CCCl)cc1.COc1ccc(COCCCCCCCC#CCO)cc1.OCCCCCCCBr. The van der Waals surface area contributed by atoms with E-state index in [0.717, 1.165) is 187 Å². The Labute approximate surface area is 929 Å². The van der Waals surface area contributed by atoms with E-state index < -0.39 is 0 Å². The predicted octanol–water partition coefficient (Wildman–Crippen LogP) is 35.5. The Bertz CT molecular complexity index is 3780. The number of rotatable bonds is 76. The molecule has 147 heavy (non-hydrogen) atoms. The second-order valence-electron chi connectivity index (χ2n) is 36.2. The number of halogens is 4. The van der Waals surface area contributed by atoms with Gasteiger partial charge in [0.2, 0.25) is 0 Å². The molecule has 0 aromatic heterocycles. The largest absolute Gasteiger partial charge is 0.497 e. The fraction of sp³-hybridized carbons (Fsp3) is 0.643. The Kier molecular flexibility index (Phi) is 119. The van der Waals surface area contributed by atoms with Crippen molar-refractivity contribution in [1.29, 1.82) is 0 Å². The first-order valence-electron chi connectivity index (χ1n) is 56.3. The van der Waals surface area contributed by atoms with Crippen LogP contribution in [0.5, 0.6) is 28.7 Å². The minimum Gasteiger partial charge on any atom is -0.497 e. The normalized spacial score (nSPS) is 11.4. The summed E-state index contributed by atoms with van der Waals surface area (Å²) in [5.74, 6) is 38.0. The van der Waals surface area contributed by atoms with Crippen LogP contribution in [0.2, 0.25) is 0 Å². The monoisotopic (exact) mass is 2250 g/mol. The number of benzene rings is 5. The van der Waals surface area contributed by atoms with Crippen molar-refractivity contribution in [3.8, 4) is 100 Å². The molecule has 18 heteroatoms. The van der Waals surface area contributed by atoms with Gasteiger partial charge in [0, 0.05) is 101 Å². The third-order valence-electron chi connectivity index (χ3n) is 23.3. The van der Waals surface area contributed by atoms with E-state index in [2.05, 4.69) is 194 Å². The number of terminal acetylenes is 1. The van der Waals surface area contributed by atoms with E-state index in [1.165, 1.54) is 285 Å². The average molecular weight is 2250 g/mol. The van der Waals surface area contributed by atoms with E-state index in [1.54, 1.807) is 35.5 Å². The molecule has 5 aromatic rings. The minimum atomic E-state index is -0.0372. The summed E-state index contributed by atoms with van der Waals surface area (Å²) in [5.41, 5.74) is 5.97. The number of hydrogen-bond acceptors (Lipinski definition) is 14. The lowest BCUT2D eigenvalue weighted by Gasteiger charge is -2.21. The van der Waals surface area contributed by atoms with E-state index in [-0.39, 0.29) is 12.9 Å². The van der Waals surface area contributed by atoms with Gasteiger partial charge in [0.1, 0.15) is 42.0 Å². The van der Waals surface area contributed by atoms with Gasteiger partial charge in [-0.2, -0.15) is 0 Å². The topological polar surface area (TPSA) is 151 Å². The zero-order valence-corrected chi connectivity index (χ0v) is 98.7. The van der Waals surface area contributed by atoms with Gasteiger partial charge >= 0.3 is 0 Å². The molecule has 1 unspecified atom stereocenters. The molecular formula is C129H200Br3ClO14. The molecule has 1 atom stereocenters. The second-order valence-corrected chi connectivity index (χ2v) is 38.8. The second kappa shape index (κ2) is 123. The number of aliphatic hydroxyl groups is 2. The summed E-state index contributed by atoms with van der Waals surface area (Å²) in [7, 11) is 8.40. The molecule has 1 heterocycles. The summed E-state index contributed by atoms with van der Waals surface area (Å²) in [6, 6.07) is 40.1. The zero-order valence-electron chi connectivity index (χ0n) is 93.1. The van der Waals surface area contributed by atoms with E-state index in [0.29, 0.717) is 52.1 Å². The number of ether oxygens (including phenoxy) is 12. The average Bonchev–Trinajstić information content (AvgIpc) is 0.938. The quantitative estimate of drug-likeness (QED) is 0.0164. The number of allylic oxidation sites excluding steroid dienone is 4. The Balaban J connectivity index is 0. The molecule has 0 radical (unpaired) electrons. The first-order valence-corrected chi connectivity index (χ1v) is 60.2. The lowest BCUT2D eigenvalue weighted by atomic mass is 10.1. The van der Waals surface area contributed by atoms with Gasteiger partial charge in [-0.05, 0) is 230 Å². The third-order valence-corrected chi connectivity index (χ3v) is 25.1. The zero-order chi connectivity index (χ0) is 107. The van der Waals surface area contributed by atoms with Gasteiger partial charge in [-0.15, -0.1) is 53.5 Å². The van der Waals surface area contributed by atoms with Gasteiger partial charge in [-0.25, -0.2) is 0 Å². The minimum absolute atomic E-state index is 0.0223. The van der Waals surface area contributed by atoms with Gasteiger partial charge in [0.15, 0.2) is 6.29 Å². The van der Waals surface area contributed by atoms with Crippen LogP contribution in [0, 0.1) is 71.5 Å². The van der Waals surface area contributed by atoms with Crippen molar-refractivity contribution in [2.24, 2.45) is 0 Å². The number of unbranched alkanes of at least 4 members (excludes halogenated alkanes) is 41. The molecule has 1 saturated heterocycles. The lowest BCUT2D eigenvalue weighted by Crippen LogP contribution is -2.22. The van der Waals surface area contributed by atoms with Crippen LogP contribution in [-0.2, 0) is 66.2 Å². The maximum absolute atomic E-state index is 8.50. The molecule has 828 valence electrons. The highest BCUT2D eigenvalue weighted by Gasteiger charge is 2.13. The van der Waals surface area contributed by atoms with Crippen LogP contribution in [0.4, 0.5) is 0 Å². The Morgan fingerprint density at radius 3 is 0.884 bits per heavy atom. The predicted molar refractivity (Wildman–Crippen MR) is 637 cm³/mol. The highest BCUT2D eigenvalue weighted by molar-refractivity contribution is 9.09. The molecule has 1 aliphatic heterocycles. The molecule has 6 rings (SSSR count). The Morgan fingerprint density at radius 1 is 0.327 bits per heavy atom. The van der Waals surface area contributed by atoms with Crippen molar-refractivity contribution in [2.75, 3.05) is 117 Å². The van der Waals surface area contributed by atoms with Gasteiger partial charge in [0.25, 0.3) is 0 Å². The summed E-state index contributed by atoms with van der Waals surface area (Å²) in [4.78, 5) is 0. The first kappa shape index (κ1) is 142. The Hall–Kier alpha value is -6.69. The molecule has 0 spiro atoms. The van der Waals surface area contributed by atoms with E-state index in [1.807, 2.05) is 84.9 Å². The first-order chi connectivity index (χ1) is 72.6. The Morgan fingerprint density at radius 2 is 0.605 bits per heavy atom. The van der Waals surface area contributed by atoms with Crippen molar-refractivity contribution >= 4 is 59.4 Å². The maximum Gasteiger partial charge on any atom is 0.158 e. The van der Waals surface area contributed by atoms with Crippen LogP contribution in [-0.4, -0.2) is 133 Å². The van der Waals surface area contributed by atoms with Crippen LogP contribution >= 0.6 is 59.4 Å². The molecule has 2 N–H and O–H groups in total. The summed E-state index contributed by atoms with van der Waals surface area (Å²) in [6.07, 6.45) is 82.1. The summed E-state index contributed by atoms with van der Waals surface area (Å²) < 4.78 is 64.5. The molecule has 0 aliphatic carbocycles. The number of aliphatic hydroxyl groups excluding tert-OH is 2. The van der Waals surface area contributed by atoms with E-state index in [4.69, 9.17) is 85.1 Å². The third kappa shape index (κ3) is 108. The van der Waals surface area contributed by atoms with Crippen molar-refractivity contribution < 1.29 is 67.1 Å². The molecule has 1 fully saturated rings. The molecule has 0 bridgehead atoms. The molecular weight excluding hydrogens is 2050 g/mol. The number of hydrogen-bond donors (Lipinski definition) is 2. The number of methoxy groups -OCH3 is 5. The lowest BCUT2D eigenvalue weighted by molar-refractivity contribution is -0.154. The smallest absolute Gasteiger partial charge is 0.158 e. The van der Waals surface area contributed by atoms with E-state index >= 15 is 0 Å². The maximum atomic E-state index is 8.50. The van der Waals surface area contributed by atoms with Crippen molar-refractivity contribution in [2.45, 2.75) is 420 Å². The molecule has 1 aliphatic rings.